The lowest BCUT2D eigenvalue weighted by Gasteiger charge is -2.36. The third-order valence-corrected chi connectivity index (χ3v) is 4.25. The Morgan fingerprint density at radius 3 is 2.84 bits per heavy atom. The van der Waals surface area contributed by atoms with Crippen LogP contribution < -0.4 is 5.32 Å². The van der Waals surface area contributed by atoms with Crippen molar-refractivity contribution in [3.05, 3.63) is 0 Å². The lowest BCUT2D eigenvalue weighted by atomic mass is 10.2. The number of amides is 3. The largest absolute Gasteiger partial charge is 0.480 e. The van der Waals surface area contributed by atoms with Crippen LogP contribution in [0.2, 0.25) is 0 Å². The van der Waals surface area contributed by atoms with Crippen LogP contribution in [0, 0.1) is 0 Å². The average Bonchev–Trinajstić information content (AvgIpc) is 2.66. The number of piperazine rings is 1. The highest BCUT2D eigenvalue weighted by molar-refractivity contribution is 7.99. The number of thioether (sulfide) groups is 1. The number of nitrogens with zero attached hydrogens (tertiary/aromatic N) is 2. The van der Waals surface area contributed by atoms with E-state index in [1.165, 1.54) is 0 Å². The molecule has 0 aromatic carbocycles. The summed E-state index contributed by atoms with van der Waals surface area (Å²) in [7, 11) is 0. The first kappa shape index (κ1) is 14.0. The quantitative estimate of drug-likeness (QED) is 0.674. The number of rotatable bonds is 1. The highest BCUT2D eigenvalue weighted by Gasteiger charge is 2.37. The molecule has 0 aromatic heterocycles. The van der Waals surface area contributed by atoms with Gasteiger partial charge in [-0.1, -0.05) is 0 Å². The highest BCUT2D eigenvalue weighted by atomic mass is 32.2. The Kier molecular flexibility index (Phi) is 4.52. The fourth-order valence-corrected chi connectivity index (χ4v) is 3.07. The molecule has 2 aliphatic rings. The van der Waals surface area contributed by atoms with Crippen LogP contribution in [0.4, 0.5) is 4.79 Å². The molecule has 2 N–H and O–H groups in total. The summed E-state index contributed by atoms with van der Waals surface area (Å²) in [6, 6.07) is -1.31. The van der Waals surface area contributed by atoms with Crippen molar-refractivity contribution in [3.8, 4) is 0 Å². The number of carboxylic acids is 1. The molecule has 0 radical (unpaired) electrons. The zero-order valence-corrected chi connectivity index (χ0v) is 11.3. The second-order valence-electron chi connectivity index (χ2n) is 4.52. The van der Waals surface area contributed by atoms with E-state index in [9.17, 15) is 14.4 Å². The maximum atomic E-state index is 12.4. The van der Waals surface area contributed by atoms with Crippen molar-refractivity contribution in [2.24, 2.45) is 0 Å². The van der Waals surface area contributed by atoms with Gasteiger partial charge in [0.2, 0.25) is 5.91 Å². The minimum Gasteiger partial charge on any atom is -0.480 e. The van der Waals surface area contributed by atoms with Gasteiger partial charge in [-0.25, -0.2) is 9.59 Å². The van der Waals surface area contributed by atoms with Gasteiger partial charge in [0.25, 0.3) is 0 Å². The van der Waals surface area contributed by atoms with Crippen molar-refractivity contribution >= 4 is 29.7 Å². The normalized spacial score (nSPS) is 24.6. The molecule has 0 aromatic rings. The maximum absolute atomic E-state index is 12.4. The third kappa shape index (κ3) is 3.31. The summed E-state index contributed by atoms with van der Waals surface area (Å²) >= 11 is 1.78. The van der Waals surface area contributed by atoms with Crippen molar-refractivity contribution in [1.29, 1.82) is 0 Å². The van der Waals surface area contributed by atoms with E-state index in [4.69, 9.17) is 5.11 Å². The van der Waals surface area contributed by atoms with E-state index in [-0.39, 0.29) is 25.0 Å². The number of carboxylic acid groups (broad SMARTS) is 1. The SMILES string of the molecule is O=C1CN(C(=O)N2CCCSCC2)C(C(=O)O)CN1. The molecule has 3 amide bonds. The van der Waals surface area contributed by atoms with E-state index in [0.717, 1.165) is 22.8 Å². The number of urea groups is 1. The van der Waals surface area contributed by atoms with Crippen molar-refractivity contribution in [2.45, 2.75) is 12.5 Å². The second-order valence-corrected chi connectivity index (χ2v) is 5.75. The predicted octanol–water partition coefficient (Wildman–Crippen LogP) is -0.570. The van der Waals surface area contributed by atoms with Crippen LogP contribution >= 0.6 is 11.8 Å². The molecule has 1 unspecified atom stereocenters. The van der Waals surface area contributed by atoms with Crippen LogP contribution in [0.5, 0.6) is 0 Å². The Morgan fingerprint density at radius 2 is 2.11 bits per heavy atom. The van der Waals surface area contributed by atoms with Gasteiger partial charge < -0.3 is 15.3 Å². The van der Waals surface area contributed by atoms with Crippen molar-refractivity contribution in [1.82, 2.24) is 15.1 Å². The number of hydrogen-bond acceptors (Lipinski definition) is 4. The smallest absolute Gasteiger partial charge is 0.328 e. The van der Waals surface area contributed by atoms with Gasteiger partial charge in [0.15, 0.2) is 0 Å². The van der Waals surface area contributed by atoms with Crippen LogP contribution in [0.15, 0.2) is 0 Å². The first-order chi connectivity index (χ1) is 9.09. The molecule has 0 aliphatic carbocycles. The molecule has 2 saturated heterocycles. The van der Waals surface area contributed by atoms with Gasteiger partial charge in [-0.3, -0.25) is 9.69 Å². The summed E-state index contributed by atoms with van der Waals surface area (Å²) in [5.41, 5.74) is 0. The highest BCUT2D eigenvalue weighted by Crippen LogP contribution is 2.14. The molecule has 2 rings (SSSR count). The summed E-state index contributed by atoms with van der Waals surface area (Å²) in [5.74, 6) is 0.462. The molecule has 19 heavy (non-hydrogen) atoms. The van der Waals surface area contributed by atoms with Gasteiger partial charge in [0.1, 0.15) is 12.6 Å². The first-order valence-electron chi connectivity index (χ1n) is 6.22. The Balaban J connectivity index is 2.08. The number of carbonyl (C=O) groups excluding carboxylic acids is 2. The van der Waals surface area contributed by atoms with Gasteiger partial charge >= 0.3 is 12.0 Å². The molecule has 0 saturated carbocycles. The van der Waals surface area contributed by atoms with Gasteiger partial charge in [0.05, 0.1) is 0 Å². The van der Waals surface area contributed by atoms with E-state index in [2.05, 4.69) is 5.32 Å². The van der Waals surface area contributed by atoms with Gasteiger partial charge in [-0.2, -0.15) is 11.8 Å². The van der Waals surface area contributed by atoms with Gasteiger partial charge in [-0.05, 0) is 12.2 Å². The second kappa shape index (κ2) is 6.14. The molecule has 1 atom stereocenters. The minimum absolute atomic E-state index is 0.0253. The Bertz CT molecular complexity index is 382. The molecule has 7 nitrogen and oxygen atoms in total. The van der Waals surface area contributed by atoms with Crippen LogP contribution in [-0.4, -0.2) is 76.5 Å². The fraction of sp³-hybridized carbons (Fsp3) is 0.727. The Morgan fingerprint density at radius 1 is 1.32 bits per heavy atom. The summed E-state index contributed by atoms with van der Waals surface area (Å²) in [6.07, 6.45) is 0.897. The molecule has 0 spiro atoms. The molecule has 106 valence electrons. The van der Waals surface area contributed by atoms with Crippen molar-refractivity contribution in [3.63, 3.8) is 0 Å². The zero-order chi connectivity index (χ0) is 13.8. The lowest BCUT2D eigenvalue weighted by molar-refractivity contribution is -0.144. The van der Waals surface area contributed by atoms with Crippen molar-refractivity contribution in [2.75, 3.05) is 37.7 Å². The van der Waals surface area contributed by atoms with Crippen LogP contribution in [-0.2, 0) is 9.59 Å². The number of aliphatic carboxylic acids is 1. The summed E-state index contributed by atoms with van der Waals surface area (Å²) in [6.45, 7) is 1.02. The fourth-order valence-electron chi connectivity index (χ4n) is 2.18. The van der Waals surface area contributed by atoms with Gasteiger partial charge in [-0.15, -0.1) is 0 Å². The monoisotopic (exact) mass is 287 g/mol. The average molecular weight is 287 g/mol. The lowest BCUT2D eigenvalue weighted by Crippen LogP contribution is -2.62. The van der Waals surface area contributed by atoms with E-state index < -0.39 is 12.0 Å². The van der Waals surface area contributed by atoms with E-state index in [1.807, 2.05) is 0 Å². The van der Waals surface area contributed by atoms with E-state index in [0.29, 0.717) is 13.1 Å². The third-order valence-electron chi connectivity index (χ3n) is 3.21. The molecule has 0 bridgehead atoms. The minimum atomic E-state index is -1.09. The summed E-state index contributed by atoms with van der Waals surface area (Å²) in [5, 5.41) is 11.6. The van der Waals surface area contributed by atoms with E-state index >= 15 is 0 Å². The molecule has 2 heterocycles. The van der Waals surface area contributed by atoms with E-state index in [1.54, 1.807) is 16.7 Å². The standard InChI is InChI=1S/C11H17N3O4S/c15-9-7-14(8(6-12-9)10(16)17)11(18)13-2-1-4-19-5-3-13/h8H,1-7H2,(H,12,15)(H,16,17). The molecule has 2 fully saturated rings. The Labute approximate surface area is 115 Å². The van der Waals surface area contributed by atoms with Crippen molar-refractivity contribution < 1.29 is 19.5 Å². The summed E-state index contributed by atoms with van der Waals surface area (Å²) in [4.78, 5) is 37.7. The van der Waals surface area contributed by atoms with Crippen LogP contribution in [0.3, 0.4) is 0 Å². The maximum Gasteiger partial charge on any atom is 0.328 e. The number of hydrogen-bond donors (Lipinski definition) is 2. The molecule has 2 aliphatic heterocycles. The number of carbonyl (C=O) groups is 3. The Hall–Kier alpha value is -1.44. The van der Waals surface area contributed by atoms with Crippen LogP contribution in [0.25, 0.3) is 0 Å². The van der Waals surface area contributed by atoms with Gasteiger partial charge in [0, 0.05) is 25.4 Å². The summed E-state index contributed by atoms with van der Waals surface area (Å²) < 4.78 is 0. The first-order valence-corrected chi connectivity index (χ1v) is 7.38. The molecular formula is C11H17N3O4S. The zero-order valence-electron chi connectivity index (χ0n) is 10.5. The topological polar surface area (TPSA) is 90.0 Å². The number of nitrogens with one attached hydrogen (secondary N) is 1. The predicted molar refractivity (Wildman–Crippen MR) is 70.1 cm³/mol. The molecule has 8 heteroatoms. The van der Waals surface area contributed by atoms with Crippen LogP contribution in [0.1, 0.15) is 6.42 Å². The molecular weight excluding hydrogens is 270 g/mol.